The molecule has 1 amide bonds. The van der Waals surface area contributed by atoms with E-state index in [1.54, 1.807) is 12.1 Å². The van der Waals surface area contributed by atoms with Crippen molar-refractivity contribution in [1.82, 2.24) is 9.71 Å². The highest BCUT2D eigenvalue weighted by Crippen LogP contribution is 2.39. The molecule has 2 heterocycles. The molecule has 1 aliphatic heterocycles. The number of hydrogen-bond donors (Lipinski definition) is 2. The van der Waals surface area contributed by atoms with Crippen LogP contribution in [0.5, 0.6) is 5.75 Å². The second kappa shape index (κ2) is 12.0. The van der Waals surface area contributed by atoms with E-state index in [0.29, 0.717) is 19.4 Å². The first-order valence-corrected chi connectivity index (χ1v) is 15.6. The maximum atomic E-state index is 13.6. The molecule has 43 heavy (non-hydrogen) atoms. The Morgan fingerprint density at radius 2 is 1.79 bits per heavy atom. The molecule has 4 rings (SSSR count). The summed E-state index contributed by atoms with van der Waals surface area (Å²) in [6.07, 6.45) is -4.48. The number of pyridine rings is 1. The molecule has 1 unspecified atom stereocenters. The maximum Gasteiger partial charge on any atom is 0.427 e. The molecule has 0 spiro atoms. The van der Waals surface area contributed by atoms with Crippen LogP contribution in [0.25, 0.3) is 0 Å². The number of aromatic nitrogens is 1. The lowest BCUT2D eigenvalue weighted by atomic mass is 10.1. The van der Waals surface area contributed by atoms with Crippen LogP contribution in [0.4, 0.5) is 33.7 Å². The zero-order valence-electron chi connectivity index (χ0n) is 22.6. The van der Waals surface area contributed by atoms with Gasteiger partial charge in [-0.25, -0.2) is 30.7 Å². The van der Waals surface area contributed by atoms with Gasteiger partial charge in [0.1, 0.15) is 17.7 Å². The zero-order chi connectivity index (χ0) is 31.6. The molecule has 1 aliphatic rings. The average Bonchev–Trinajstić information content (AvgIpc) is 2.91. The minimum Gasteiger partial charge on any atom is -0.485 e. The first-order valence-electron chi connectivity index (χ1n) is 12.5. The molecule has 0 radical (unpaired) electrons. The minimum atomic E-state index is -4.86. The van der Waals surface area contributed by atoms with Crippen LogP contribution in [0.2, 0.25) is 0 Å². The van der Waals surface area contributed by atoms with Gasteiger partial charge in [0.2, 0.25) is 15.6 Å². The Morgan fingerprint density at radius 1 is 1.09 bits per heavy atom. The molecular weight excluding hydrogens is 620 g/mol. The van der Waals surface area contributed by atoms with E-state index in [1.165, 1.54) is 24.5 Å². The van der Waals surface area contributed by atoms with Crippen molar-refractivity contribution in [2.75, 3.05) is 22.7 Å². The number of ether oxygens (including phenoxy) is 2. The fourth-order valence-corrected chi connectivity index (χ4v) is 6.51. The number of carbonyl (C=O) groups is 1. The predicted octanol–water partition coefficient (Wildman–Crippen LogP) is 4.19. The van der Waals surface area contributed by atoms with Crippen LogP contribution in [0.1, 0.15) is 19.4 Å². The van der Waals surface area contributed by atoms with Gasteiger partial charge in [-0.3, -0.25) is 14.6 Å². The normalized spacial score (nSPS) is 15.8. The van der Waals surface area contributed by atoms with Gasteiger partial charge in [-0.2, -0.15) is 13.2 Å². The lowest BCUT2D eigenvalue weighted by Crippen LogP contribution is -2.48. The van der Waals surface area contributed by atoms with Crippen LogP contribution in [0, 0.1) is 5.82 Å². The Bertz CT molecular complexity index is 1690. The number of alkyl halides is 3. The SMILES string of the molecule is CC(C)(OC(=O)Nc1ccc2c(c1)N(S(=O)(=O)c1ccc(F)cc1)CC(CNS(=O)(=O)Cc1cccnc1)O2)C(F)(F)F. The highest BCUT2D eigenvalue weighted by Gasteiger charge is 2.51. The molecule has 0 aliphatic carbocycles. The molecule has 0 saturated carbocycles. The Kier molecular flexibility index (Phi) is 8.90. The number of halogens is 4. The Labute approximate surface area is 244 Å². The largest absolute Gasteiger partial charge is 0.485 e. The third-order valence-corrected chi connectivity index (χ3v) is 9.29. The van der Waals surface area contributed by atoms with Crippen LogP contribution in [-0.4, -0.2) is 58.9 Å². The lowest BCUT2D eigenvalue weighted by Gasteiger charge is -2.36. The number of fused-ring (bicyclic) bond motifs is 1. The van der Waals surface area contributed by atoms with Crippen molar-refractivity contribution in [3.8, 4) is 5.75 Å². The van der Waals surface area contributed by atoms with Gasteiger partial charge in [0, 0.05) is 24.6 Å². The molecule has 0 fully saturated rings. The van der Waals surface area contributed by atoms with E-state index < -0.39 is 62.1 Å². The second-order valence-corrected chi connectivity index (χ2v) is 13.6. The van der Waals surface area contributed by atoms with Gasteiger partial charge < -0.3 is 9.47 Å². The summed E-state index contributed by atoms with van der Waals surface area (Å²) in [4.78, 5) is 15.8. The predicted molar refractivity (Wildman–Crippen MR) is 147 cm³/mol. The van der Waals surface area contributed by atoms with Gasteiger partial charge >= 0.3 is 12.3 Å². The molecule has 0 bridgehead atoms. The van der Waals surface area contributed by atoms with E-state index in [-0.39, 0.29) is 28.6 Å². The lowest BCUT2D eigenvalue weighted by molar-refractivity contribution is -0.242. The highest BCUT2D eigenvalue weighted by atomic mass is 32.2. The Morgan fingerprint density at radius 3 is 2.42 bits per heavy atom. The summed E-state index contributed by atoms with van der Waals surface area (Å²) in [5.74, 6) is -1.12. The quantitative estimate of drug-likeness (QED) is 0.330. The number of amides is 1. The van der Waals surface area contributed by atoms with Crippen molar-refractivity contribution in [2.45, 2.75) is 42.4 Å². The third-order valence-electron chi connectivity index (χ3n) is 6.18. The monoisotopic (exact) mass is 646 g/mol. The van der Waals surface area contributed by atoms with E-state index in [0.717, 1.165) is 34.6 Å². The van der Waals surface area contributed by atoms with Crippen LogP contribution in [-0.2, 0) is 30.5 Å². The van der Waals surface area contributed by atoms with E-state index in [1.807, 2.05) is 0 Å². The number of rotatable bonds is 9. The van der Waals surface area contributed by atoms with Crippen LogP contribution in [0.3, 0.4) is 0 Å². The molecule has 11 nitrogen and oxygen atoms in total. The summed E-state index contributed by atoms with van der Waals surface area (Å²) < 4.78 is 119. The average molecular weight is 647 g/mol. The molecule has 3 aromatic rings. The third kappa shape index (κ3) is 7.71. The summed E-state index contributed by atoms with van der Waals surface area (Å²) in [5.41, 5.74) is -2.64. The number of hydrogen-bond acceptors (Lipinski definition) is 8. The first kappa shape index (κ1) is 32.0. The van der Waals surface area contributed by atoms with Gasteiger partial charge in [-0.05, 0) is 67.9 Å². The van der Waals surface area contributed by atoms with Gasteiger partial charge in [0.15, 0.2) is 0 Å². The topological polar surface area (TPSA) is 144 Å². The van der Waals surface area contributed by atoms with Gasteiger partial charge in [-0.15, -0.1) is 0 Å². The van der Waals surface area contributed by atoms with Crippen molar-refractivity contribution < 1.29 is 48.7 Å². The van der Waals surface area contributed by atoms with Crippen molar-refractivity contribution >= 4 is 37.5 Å². The Hall–Kier alpha value is -3.96. The number of nitrogens with one attached hydrogen (secondary N) is 2. The first-order chi connectivity index (χ1) is 20.0. The Balaban J connectivity index is 1.61. The van der Waals surface area contributed by atoms with Crippen LogP contribution < -0.4 is 19.1 Å². The molecule has 232 valence electrons. The minimum absolute atomic E-state index is 0.0390. The highest BCUT2D eigenvalue weighted by molar-refractivity contribution is 7.92. The van der Waals surface area contributed by atoms with Crippen molar-refractivity contribution in [3.05, 3.63) is 78.4 Å². The van der Waals surface area contributed by atoms with E-state index in [4.69, 9.17) is 4.74 Å². The van der Waals surface area contributed by atoms with Crippen LogP contribution >= 0.6 is 0 Å². The zero-order valence-corrected chi connectivity index (χ0v) is 24.3. The number of anilines is 2. The summed E-state index contributed by atoms with van der Waals surface area (Å²) in [6.45, 7) is 0.568. The van der Waals surface area contributed by atoms with Crippen molar-refractivity contribution in [2.24, 2.45) is 0 Å². The summed E-state index contributed by atoms with van der Waals surface area (Å²) in [5, 5.41) is 2.13. The maximum absolute atomic E-state index is 13.6. The molecular formula is C26H26F4N4O7S2. The summed E-state index contributed by atoms with van der Waals surface area (Å²) >= 11 is 0. The van der Waals surface area contributed by atoms with Gasteiger partial charge in [0.25, 0.3) is 10.0 Å². The molecule has 0 saturated heterocycles. The number of sulfonamides is 2. The fourth-order valence-electron chi connectivity index (χ4n) is 3.86. The molecule has 2 N–H and O–H groups in total. The van der Waals surface area contributed by atoms with Crippen molar-refractivity contribution in [1.29, 1.82) is 0 Å². The number of nitrogens with zero attached hydrogens (tertiary/aromatic N) is 2. The van der Waals surface area contributed by atoms with E-state index in [9.17, 15) is 39.2 Å². The molecule has 1 atom stereocenters. The van der Waals surface area contributed by atoms with Crippen LogP contribution in [0.15, 0.2) is 71.9 Å². The summed E-state index contributed by atoms with van der Waals surface area (Å²) in [7, 11) is -8.30. The molecule has 2 aromatic carbocycles. The number of carbonyl (C=O) groups excluding carboxylic acids is 1. The smallest absolute Gasteiger partial charge is 0.427 e. The standard InChI is InChI=1S/C26H26F4N4O7S2/c1-25(2,26(28,29)30)41-24(35)33-19-7-10-23-22(12-19)34(43(38,39)21-8-5-18(27)6-9-21)15-20(40-23)14-32-42(36,37)16-17-4-3-11-31-13-17/h3-13,20,32H,14-16H2,1-2H3,(H,33,35). The molecule has 17 heteroatoms. The van der Waals surface area contributed by atoms with Gasteiger partial charge in [-0.1, -0.05) is 6.07 Å². The second-order valence-electron chi connectivity index (χ2n) is 9.90. The molecule has 1 aromatic heterocycles. The van der Waals surface area contributed by atoms with E-state index >= 15 is 0 Å². The number of benzene rings is 2. The fraction of sp³-hybridized carbons (Fsp3) is 0.308. The van der Waals surface area contributed by atoms with Crippen molar-refractivity contribution in [3.63, 3.8) is 0 Å². The summed E-state index contributed by atoms with van der Waals surface area (Å²) in [6, 6.07) is 10.7. The van der Waals surface area contributed by atoms with Gasteiger partial charge in [0.05, 0.1) is 22.9 Å². The van der Waals surface area contributed by atoms with E-state index in [2.05, 4.69) is 19.8 Å².